The molecule has 0 aromatic heterocycles. The Morgan fingerprint density at radius 3 is 2.42 bits per heavy atom. The van der Waals surface area contributed by atoms with E-state index in [2.05, 4.69) is 33.0 Å². The fourth-order valence-corrected chi connectivity index (χ4v) is 8.01. The van der Waals surface area contributed by atoms with E-state index in [-0.39, 0.29) is 11.5 Å². The van der Waals surface area contributed by atoms with Crippen LogP contribution in [0.1, 0.15) is 85.5 Å². The van der Waals surface area contributed by atoms with Crippen molar-refractivity contribution in [3.05, 3.63) is 0 Å². The van der Waals surface area contributed by atoms with Gasteiger partial charge in [-0.15, -0.1) is 0 Å². The van der Waals surface area contributed by atoms with E-state index in [1.165, 1.54) is 38.5 Å². The van der Waals surface area contributed by atoms with Gasteiger partial charge in [-0.3, -0.25) is 0 Å². The van der Waals surface area contributed by atoms with E-state index in [0.717, 1.165) is 43.6 Å². The average Bonchev–Trinajstić information content (AvgIpc) is 2.86. The normalized spacial score (nSPS) is 53.9. The molecule has 0 saturated heterocycles. The van der Waals surface area contributed by atoms with Gasteiger partial charge in [0.05, 0.1) is 11.7 Å². The summed E-state index contributed by atoms with van der Waals surface area (Å²) >= 11 is 0. The topological polar surface area (TPSA) is 52.5 Å². The minimum absolute atomic E-state index is 0.0582. The fourth-order valence-electron chi connectivity index (χ4n) is 8.01. The molecule has 3 nitrogen and oxygen atoms in total. The molecule has 4 saturated carbocycles. The SMILES string of the molecule is CC(C)NCC1(O)CCC2C3CCC4CC(O)CCC4(C)C3CCC21C. The number of aliphatic hydroxyl groups is 2. The zero-order chi connectivity index (χ0) is 18.7. The first kappa shape index (κ1) is 19.2. The van der Waals surface area contributed by atoms with Crippen LogP contribution in [0.3, 0.4) is 0 Å². The second-order valence-electron chi connectivity index (χ2n) is 11.1. The lowest BCUT2D eigenvalue weighted by Crippen LogP contribution is -2.59. The van der Waals surface area contributed by atoms with Gasteiger partial charge in [-0.1, -0.05) is 27.7 Å². The first-order valence-electron chi connectivity index (χ1n) is 11.3. The fraction of sp³-hybridized carbons (Fsp3) is 1.00. The van der Waals surface area contributed by atoms with Gasteiger partial charge in [-0.05, 0) is 86.9 Å². The van der Waals surface area contributed by atoms with Crippen molar-refractivity contribution in [3.63, 3.8) is 0 Å². The van der Waals surface area contributed by atoms with Crippen LogP contribution in [-0.2, 0) is 0 Å². The summed E-state index contributed by atoms with van der Waals surface area (Å²) in [6.07, 6.45) is 10.4. The van der Waals surface area contributed by atoms with E-state index >= 15 is 0 Å². The van der Waals surface area contributed by atoms with Gasteiger partial charge in [0.2, 0.25) is 0 Å². The van der Waals surface area contributed by atoms with Crippen LogP contribution in [0.2, 0.25) is 0 Å². The quantitative estimate of drug-likeness (QED) is 0.707. The van der Waals surface area contributed by atoms with E-state index in [9.17, 15) is 10.2 Å². The third kappa shape index (κ3) is 2.71. The molecule has 4 fully saturated rings. The van der Waals surface area contributed by atoms with Gasteiger partial charge in [0.1, 0.15) is 0 Å². The van der Waals surface area contributed by atoms with Gasteiger partial charge in [-0.2, -0.15) is 0 Å². The summed E-state index contributed by atoms with van der Waals surface area (Å²) in [5, 5.41) is 25.3. The highest BCUT2D eigenvalue weighted by Crippen LogP contribution is 2.68. The molecule has 0 amide bonds. The molecule has 4 aliphatic carbocycles. The number of hydrogen-bond donors (Lipinski definition) is 3. The Hall–Kier alpha value is -0.120. The van der Waals surface area contributed by atoms with Crippen LogP contribution in [0.25, 0.3) is 0 Å². The van der Waals surface area contributed by atoms with Crippen LogP contribution < -0.4 is 5.32 Å². The van der Waals surface area contributed by atoms with Crippen LogP contribution in [0.5, 0.6) is 0 Å². The molecule has 0 aromatic rings. The number of fused-ring (bicyclic) bond motifs is 5. The summed E-state index contributed by atoms with van der Waals surface area (Å²) in [7, 11) is 0. The molecule has 8 unspecified atom stereocenters. The van der Waals surface area contributed by atoms with Crippen molar-refractivity contribution in [2.75, 3.05) is 6.54 Å². The van der Waals surface area contributed by atoms with Crippen molar-refractivity contribution in [1.29, 1.82) is 0 Å². The van der Waals surface area contributed by atoms with E-state index in [1.54, 1.807) is 0 Å². The van der Waals surface area contributed by atoms with Crippen LogP contribution >= 0.6 is 0 Å². The second kappa shape index (κ2) is 6.46. The van der Waals surface area contributed by atoms with Gasteiger partial charge < -0.3 is 15.5 Å². The summed E-state index contributed by atoms with van der Waals surface area (Å²) in [6.45, 7) is 10.1. The summed E-state index contributed by atoms with van der Waals surface area (Å²) in [5.74, 6) is 3.01. The molecule has 0 bridgehead atoms. The van der Waals surface area contributed by atoms with E-state index in [0.29, 0.717) is 17.4 Å². The molecule has 150 valence electrons. The monoisotopic (exact) mass is 363 g/mol. The van der Waals surface area contributed by atoms with Crippen molar-refractivity contribution >= 4 is 0 Å². The van der Waals surface area contributed by atoms with Crippen molar-refractivity contribution in [1.82, 2.24) is 5.32 Å². The van der Waals surface area contributed by atoms with Gasteiger partial charge in [-0.25, -0.2) is 0 Å². The van der Waals surface area contributed by atoms with Crippen molar-refractivity contribution < 1.29 is 10.2 Å². The van der Waals surface area contributed by atoms with Gasteiger partial charge in [0.15, 0.2) is 0 Å². The Morgan fingerprint density at radius 1 is 0.962 bits per heavy atom. The Labute approximate surface area is 160 Å². The molecule has 0 aromatic carbocycles. The Morgan fingerprint density at radius 2 is 1.69 bits per heavy atom. The predicted molar refractivity (Wildman–Crippen MR) is 106 cm³/mol. The third-order valence-corrected chi connectivity index (χ3v) is 9.76. The Kier molecular flexibility index (Phi) is 4.77. The maximum atomic E-state index is 11.6. The minimum atomic E-state index is -0.534. The first-order chi connectivity index (χ1) is 12.2. The highest BCUT2D eigenvalue weighted by Gasteiger charge is 2.64. The molecule has 3 heteroatoms. The van der Waals surface area contributed by atoms with E-state index in [4.69, 9.17) is 0 Å². The highest BCUT2D eigenvalue weighted by molar-refractivity contribution is 5.14. The maximum absolute atomic E-state index is 11.6. The van der Waals surface area contributed by atoms with Crippen LogP contribution in [-0.4, -0.2) is 34.5 Å². The van der Waals surface area contributed by atoms with E-state index in [1.807, 2.05) is 0 Å². The zero-order valence-corrected chi connectivity index (χ0v) is 17.4. The van der Waals surface area contributed by atoms with Crippen molar-refractivity contribution in [2.24, 2.45) is 34.5 Å². The molecular formula is C23H41NO2. The molecule has 26 heavy (non-hydrogen) atoms. The predicted octanol–water partition coefficient (Wildman–Crippen LogP) is 4.12. The molecule has 4 rings (SSSR count). The van der Waals surface area contributed by atoms with E-state index < -0.39 is 5.60 Å². The second-order valence-corrected chi connectivity index (χ2v) is 11.1. The first-order valence-corrected chi connectivity index (χ1v) is 11.3. The zero-order valence-electron chi connectivity index (χ0n) is 17.4. The smallest absolute Gasteiger partial charge is 0.0827 e. The Balaban J connectivity index is 1.56. The lowest BCUT2D eigenvalue weighted by molar-refractivity contribution is -0.157. The maximum Gasteiger partial charge on any atom is 0.0827 e. The summed E-state index contributed by atoms with van der Waals surface area (Å²) < 4.78 is 0. The summed E-state index contributed by atoms with van der Waals surface area (Å²) in [4.78, 5) is 0. The van der Waals surface area contributed by atoms with Gasteiger partial charge >= 0.3 is 0 Å². The lowest BCUT2D eigenvalue weighted by atomic mass is 9.44. The number of nitrogens with one attached hydrogen (secondary N) is 1. The third-order valence-electron chi connectivity index (χ3n) is 9.76. The van der Waals surface area contributed by atoms with Crippen LogP contribution in [0.4, 0.5) is 0 Å². The number of aliphatic hydroxyl groups excluding tert-OH is 1. The van der Waals surface area contributed by atoms with Gasteiger partial charge in [0.25, 0.3) is 0 Å². The summed E-state index contributed by atoms with van der Waals surface area (Å²) in [5.41, 5.74) is -0.0266. The summed E-state index contributed by atoms with van der Waals surface area (Å²) in [6, 6.07) is 0.432. The van der Waals surface area contributed by atoms with Crippen molar-refractivity contribution in [2.45, 2.75) is 103 Å². The Bertz CT molecular complexity index is 536. The number of rotatable bonds is 3. The van der Waals surface area contributed by atoms with Crippen LogP contribution in [0, 0.1) is 34.5 Å². The highest BCUT2D eigenvalue weighted by atomic mass is 16.3. The molecule has 0 radical (unpaired) electrons. The van der Waals surface area contributed by atoms with Crippen LogP contribution in [0.15, 0.2) is 0 Å². The molecular weight excluding hydrogens is 322 g/mol. The molecule has 4 aliphatic rings. The molecule has 0 heterocycles. The molecule has 8 atom stereocenters. The standard InChI is InChI=1S/C23H41NO2/c1-15(2)24-14-23(26)12-9-20-18-6-5-16-13-17(25)7-10-21(16,3)19(18)8-11-22(20,23)4/h15-20,24-26H,5-14H2,1-4H3. The van der Waals surface area contributed by atoms with Gasteiger partial charge in [0, 0.05) is 18.0 Å². The average molecular weight is 364 g/mol. The molecule has 3 N–H and O–H groups in total. The lowest BCUT2D eigenvalue weighted by Gasteiger charge is -2.61. The molecule has 0 aliphatic heterocycles. The minimum Gasteiger partial charge on any atom is -0.393 e. The van der Waals surface area contributed by atoms with Crippen molar-refractivity contribution in [3.8, 4) is 0 Å². The largest absolute Gasteiger partial charge is 0.393 e. The number of hydrogen-bond acceptors (Lipinski definition) is 3. The molecule has 0 spiro atoms.